The first-order valence-corrected chi connectivity index (χ1v) is 10.5. The molecule has 10 nitrogen and oxygen atoms in total. The average Bonchev–Trinajstić information content (AvgIpc) is 3.36. The van der Waals surface area contributed by atoms with Gasteiger partial charge >= 0.3 is 0 Å². The third-order valence-electron chi connectivity index (χ3n) is 6.02. The number of nitrogens with zero attached hydrogens (tertiary/aromatic N) is 4. The molecule has 0 saturated heterocycles. The van der Waals surface area contributed by atoms with Crippen molar-refractivity contribution in [2.45, 2.75) is 19.4 Å². The highest BCUT2D eigenvalue weighted by atomic mass is 19.1. The summed E-state index contributed by atoms with van der Waals surface area (Å²) in [5, 5.41) is 15.3. The Balaban J connectivity index is 1.29. The lowest BCUT2D eigenvalue weighted by molar-refractivity contribution is -0.385. The van der Waals surface area contributed by atoms with E-state index in [9.17, 15) is 28.9 Å². The molecule has 0 fully saturated rings. The van der Waals surface area contributed by atoms with Gasteiger partial charge < -0.3 is 9.42 Å². The van der Waals surface area contributed by atoms with Crippen LogP contribution < -0.4 is 0 Å². The van der Waals surface area contributed by atoms with Crippen molar-refractivity contribution in [3.05, 3.63) is 80.8 Å². The molecule has 0 N–H and O–H groups in total. The molecule has 0 bridgehead atoms. The average molecular weight is 464 g/mol. The number of nitro groups is 1. The predicted octanol–water partition coefficient (Wildman–Crippen LogP) is 2.96. The van der Waals surface area contributed by atoms with Gasteiger partial charge in [-0.05, 0) is 30.3 Å². The number of halogens is 1. The molecule has 0 saturated carbocycles. The van der Waals surface area contributed by atoms with Crippen LogP contribution in [0.1, 0.15) is 38.4 Å². The van der Waals surface area contributed by atoms with Gasteiger partial charge in [-0.25, -0.2) is 4.39 Å². The predicted molar refractivity (Wildman–Crippen MR) is 114 cm³/mol. The molecule has 0 atom stereocenters. The summed E-state index contributed by atoms with van der Waals surface area (Å²) in [4.78, 5) is 51.2. The highest BCUT2D eigenvalue weighted by Crippen LogP contribution is 2.32. The quantitative estimate of drug-likeness (QED) is 0.323. The Labute approximate surface area is 191 Å². The van der Waals surface area contributed by atoms with Gasteiger partial charge in [0.15, 0.2) is 5.76 Å². The van der Waals surface area contributed by atoms with Crippen molar-refractivity contribution in [1.82, 2.24) is 15.0 Å². The number of benzene rings is 2. The summed E-state index contributed by atoms with van der Waals surface area (Å²) < 4.78 is 18.7. The number of nitro benzene ring substituents is 1. The van der Waals surface area contributed by atoms with Gasteiger partial charge in [-0.3, -0.25) is 29.4 Å². The van der Waals surface area contributed by atoms with Crippen LogP contribution in [0.15, 0.2) is 47.0 Å². The maximum Gasteiger partial charge on any atom is 0.282 e. The van der Waals surface area contributed by atoms with Crippen LogP contribution in [0.25, 0.3) is 11.3 Å². The molecule has 0 radical (unpaired) electrons. The molecular weight excluding hydrogens is 447 g/mol. The molecule has 3 amide bonds. The topological polar surface area (TPSA) is 127 Å². The molecule has 5 rings (SSSR count). The van der Waals surface area contributed by atoms with Crippen molar-refractivity contribution in [1.29, 1.82) is 0 Å². The second kappa shape index (κ2) is 8.18. The van der Waals surface area contributed by atoms with Crippen molar-refractivity contribution in [2.24, 2.45) is 0 Å². The van der Waals surface area contributed by atoms with Gasteiger partial charge in [0.2, 0.25) is 5.91 Å². The Kier molecular flexibility index (Phi) is 5.16. The summed E-state index contributed by atoms with van der Waals surface area (Å²) >= 11 is 0. The summed E-state index contributed by atoms with van der Waals surface area (Å²) in [6.45, 7) is 0.410. The summed E-state index contributed by atoms with van der Waals surface area (Å²) in [7, 11) is 0. The third-order valence-corrected chi connectivity index (χ3v) is 6.02. The number of imide groups is 1. The zero-order chi connectivity index (χ0) is 24.0. The first-order valence-electron chi connectivity index (χ1n) is 10.5. The Bertz CT molecular complexity index is 1350. The molecule has 2 aliphatic rings. The van der Waals surface area contributed by atoms with Crippen molar-refractivity contribution < 1.29 is 28.2 Å². The van der Waals surface area contributed by atoms with E-state index in [0.717, 1.165) is 16.2 Å². The normalized spacial score (nSPS) is 14.9. The Morgan fingerprint density at radius 3 is 2.65 bits per heavy atom. The van der Waals surface area contributed by atoms with Crippen molar-refractivity contribution in [2.75, 3.05) is 13.1 Å². The lowest BCUT2D eigenvalue weighted by atomic mass is 10.0. The molecule has 2 aromatic carbocycles. The molecule has 34 heavy (non-hydrogen) atoms. The maximum atomic E-state index is 13.3. The van der Waals surface area contributed by atoms with Crippen LogP contribution in [0.5, 0.6) is 0 Å². The lowest BCUT2D eigenvalue weighted by Crippen LogP contribution is -2.39. The SMILES string of the molecule is O=C(CCN1C(=O)c2cccc([N+](=O)[O-])c2C1=O)N1CCc2noc(-c3ccc(F)cc3)c2C1. The van der Waals surface area contributed by atoms with E-state index in [2.05, 4.69) is 5.16 Å². The first-order chi connectivity index (χ1) is 16.3. The molecule has 3 heterocycles. The maximum absolute atomic E-state index is 13.3. The Morgan fingerprint density at radius 2 is 1.91 bits per heavy atom. The van der Waals surface area contributed by atoms with Crippen molar-refractivity contribution in [3.63, 3.8) is 0 Å². The summed E-state index contributed by atoms with van der Waals surface area (Å²) in [6.07, 6.45) is 0.330. The number of fused-ring (bicyclic) bond motifs is 2. The van der Waals surface area contributed by atoms with Gasteiger partial charge in [0.25, 0.3) is 17.5 Å². The van der Waals surface area contributed by atoms with E-state index in [-0.39, 0.29) is 42.4 Å². The van der Waals surface area contributed by atoms with Crippen LogP contribution in [0.4, 0.5) is 10.1 Å². The van der Waals surface area contributed by atoms with Crippen LogP contribution >= 0.6 is 0 Å². The van der Waals surface area contributed by atoms with Crippen LogP contribution in [-0.4, -0.2) is 50.7 Å². The number of aromatic nitrogens is 1. The number of hydrogen-bond acceptors (Lipinski definition) is 7. The van der Waals surface area contributed by atoms with E-state index in [0.29, 0.717) is 24.3 Å². The van der Waals surface area contributed by atoms with Crippen molar-refractivity contribution >= 4 is 23.4 Å². The Morgan fingerprint density at radius 1 is 1.15 bits per heavy atom. The second-order valence-corrected chi connectivity index (χ2v) is 7.98. The number of carbonyl (C=O) groups is 3. The van der Waals surface area contributed by atoms with E-state index in [1.807, 2.05) is 0 Å². The van der Waals surface area contributed by atoms with Crippen LogP contribution in [0.2, 0.25) is 0 Å². The second-order valence-electron chi connectivity index (χ2n) is 7.98. The fraction of sp³-hybridized carbons (Fsp3) is 0.217. The van der Waals surface area contributed by atoms with E-state index in [1.165, 1.54) is 30.3 Å². The third kappa shape index (κ3) is 3.51. The Hall–Kier alpha value is -4.41. The molecule has 11 heteroatoms. The largest absolute Gasteiger partial charge is 0.356 e. The number of rotatable bonds is 5. The molecule has 3 aromatic rings. The number of amides is 3. The van der Waals surface area contributed by atoms with Gasteiger partial charge in [0.05, 0.1) is 22.7 Å². The van der Waals surface area contributed by atoms with E-state index in [4.69, 9.17) is 4.52 Å². The van der Waals surface area contributed by atoms with E-state index in [1.54, 1.807) is 17.0 Å². The molecule has 172 valence electrons. The monoisotopic (exact) mass is 464 g/mol. The molecular formula is C23H17FN4O6. The van der Waals surface area contributed by atoms with Crippen LogP contribution in [0.3, 0.4) is 0 Å². The summed E-state index contributed by atoms with van der Waals surface area (Å²) in [5.41, 5.74) is 1.35. The minimum absolute atomic E-state index is 0.0392. The zero-order valence-corrected chi connectivity index (χ0v) is 17.7. The molecule has 0 spiro atoms. The van der Waals surface area contributed by atoms with Crippen LogP contribution in [-0.2, 0) is 17.8 Å². The van der Waals surface area contributed by atoms with Gasteiger partial charge in [0.1, 0.15) is 11.4 Å². The molecule has 2 aliphatic heterocycles. The summed E-state index contributed by atoms with van der Waals surface area (Å²) in [6, 6.07) is 9.63. The molecule has 1 aromatic heterocycles. The smallest absolute Gasteiger partial charge is 0.282 e. The zero-order valence-electron chi connectivity index (χ0n) is 17.7. The minimum atomic E-state index is -0.779. The molecule has 0 unspecified atom stereocenters. The number of hydrogen-bond donors (Lipinski definition) is 0. The fourth-order valence-corrected chi connectivity index (χ4v) is 4.29. The fourth-order valence-electron chi connectivity index (χ4n) is 4.29. The first kappa shape index (κ1) is 21.4. The number of carbonyl (C=O) groups excluding carboxylic acids is 3. The standard InChI is InChI=1S/C23H17FN4O6/c24-14-6-4-13(5-7-14)21-16-12-26(10-8-17(16)25-34-21)19(29)9-11-27-22(30)15-2-1-3-18(28(32)33)20(15)23(27)31/h1-7H,8-12H2. The van der Waals surface area contributed by atoms with Crippen LogP contribution in [0, 0.1) is 15.9 Å². The van der Waals surface area contributed by atoms with Gasteiger partial charge in [-0.15, -0.1) is 0 Å². The van der Waals surface area contributed by atoms with Gasteiger partial charge in [-0.2, -0.15) is 0 Å². The summed E-state index contributed by atoms with van der Waals surface area (Å²) in [5.74, 6) is -1.65. The van der Waals surface area contributed by atoms with E-state index < -0.39 is 22.4 Å². The van der Waals surface area contributed by atoms with Crippen molar-refractivity contribution in [3.8, 4) is 11.3 Å². The minimum Gasteiger partial charge on any atom is -0.356 e. The highest BCUT2D eigenvalue weighted by molar-refractivity contribution is 6.23. The lowest BCUT2D eigenvalue weighted by Gasteiger charge is -2.27. The van der Waals surface area contributed by atoms with E-state index >= 15 is 0 Å². The van der Waals surface area contributed by atoms with Gasteiger partial charge in [-0.1, -0.05) is 11.2 Å². The van der Waals surface area contributed by atoms with Gasteiger partial charge in [0, 0.05) is 43.1 Å². The highest BCUT2D eigenvalue weighted by Gasteiger charge is 2.41. The molecule has 0 aliphatic carbocycles.